The van der Waals surface area contributed by atoms with Gasteiger partial charge in [-0.3, -0.25) is 10.1 Å². The Kier molecular flexibility index (Phi) is 18.6. The highest BCUT2D eigenvalue weighted by molar-refractivity contribution is 5.98. The van der Waals surface area contributed by atoms with Gasteiger partial charge in [0.1, 0.15) is 34.5 Å². The van der Waals surface area contributed by atoms with Gasteiger partial charge in [0.2, 0.25) is 11.9 Å². The van der Waals surface area contributed by atoms with Crippen LogP contribution < -0.4 is 26.6 Å². The zero-order valence-electron chi connectivity index (χ0n) is 31.8. The van der Waals surface area contributed by atoms with E-state index in [1.165, 1.54) is 0 Å². The zero-order valence-corrected chi connectivity index (χ0v) is 31.8. The Bertz CT molecular complexity index is 1180. The number of carboxylic acids is 1. The lowest BCUT2D eigenvalue weighted by Crippen LogP contribution is -2.48. The molecule has 0 rings (SSSR count). The highest BCUT2D eigenvalue weighted by Crippen LogP contribution is 2.11. The smallest absolute Gasteiger partial charge is 0.437 e. The average molecular weight is 717 g/mol. The molecule has 0 spiro atoms. The Morgan fingerprint density at radius 2 is 0.960 bits per heavy atom. The van der Waals surface area contributed by atoms with Crippen LogP contribution >= 0.6 is 0 Å². The Hall–Kier alpha value is -4.31. The summed E-state index contributed by atoms with van der Waals surface area (Å²) in [4.78, 5) is 77.6. The van der Waals surface area contributed by atoms with Crippen LogP contribution in [0.5, 0.6) is 0 Å². The van der Waals surface area contributed by atoms with Gasteiger partial charge in [0.25, 0.3) is 0 Å². The van der Waals surface area contributed by atoms with Crippen LogP contribution in [-0.2, 0) is 28.5 Å². The quantitative estimate of drug-likeness (QED) is 0.0621. The lowest BCUT2D eigenvalue weighted by molar-refractivity contribution is -0.139. The number of rotatable bonds is 14. The molecule has 0 saturated carbocycles. The molecule has 0 aromatic rings. The summed E-state index contributed by atoms with van der Waals surface area (Å²) in [6, 6.07) is -2.12. The van der Waals surface area contributed by atoms with Gasteiger partial charge in [-0.05, 0) is 122 Å². The maximum Gasteiger partial charge on any atom is 0.437 e. The predicted octanol–water partition coefficient (Wildman–Crippen LogP) is 4.72. The molecule has 50 heavy (non-hydrogen) atoms. The van der Waals surface area contributed by atoms with Gasteiger partial charge in [0, 0.05) is 13.1 Å². The first-order valence-electron chi connectivity index (χ1n) is 16.7. The van der Waals surface area contributed by atoms with Crippen molar-refractivity contribution in [3.63, 3.8) is 0 Å². The van der Waals surface area contributed by atoms with Crippen molar-refractivity contribution in [2.75, 3.05) is 13.1 Å². The first kappa shape index (κ1) is 45.7. The number of aliphatic carboxylic acids is 1. The largest absolute Gasteiger partial charge is 0.480 e. The van der Waals surface area contributed by atoms with Crippen molar-refractivity contribution in [3.05, 3.63) is 0 Å². The van der Waals surface area contributed by atoms with Gasteiger partial charge in [0.05, 0.1) is 0 Å². The molecule has 17 heteroatoms. The van der Waals surface area contributed by atoms with Crippen molar-refractivity contribution in [1.82, 2.24) is 26.6 Å². The molecule has 0 aromatic heterocycles. The van der Waals surface area contributed by atoms with E-state index in [0.29, 0.717) is 25.7 Å². The average Bonchev–Trinajstić information content (AvgIpc) is 2.86. The molecule has 0 aliphatic carbocycles. The lowest BCUT2D eigenvalue weighted by Gasteiger charge is -2.23. The van der Waals surface area contributed by atoms with E-state index in [1.54, 1.807) is 83.1 Å². The molecule has 5 amide bonds. The fourth-order valence-electron chi connectivity index (χ4n) is 3.80. The maximum atomic E-state index is 13.1. The van der Waals surface area contributed by atoms with Gasteiger partial charge in [-0.25, -0.2) is 24.0 Å². The fourth-order valence-corrected chi connectivity index (χ4v) is 3.80. The second kappa shape index (κ2) is 20.4. The number of aliphatic imine (C=N–C) groups is 1. The zero-order chi connectivity index (χ0) is 38.9. The number of nitrogens with zero attached hydrogens (tertiary/aromatic N) is 1. The van der Waals surface area contributed by atoms with Crippen molar-refractivity contribution >= 4 is 42.2 Å². The van der Waals surface area contributed by atoms with Crippen LogP contribution in [-0.4, -0.2) is 94.9 Å². The highest BCUT2D eigenvalue weighted by Gasteiger charge is 2.26. The van der Waals surface area contributed by atoms with E-state index < -0.39 is 70.7 Å². The minimum atomic E-state index is -1.21. The SMILES string of the molecule is CC(C)(C)OC(=O)/N=C(/NCCCC[C@@H](NC(=O)OC(C)(C)C)C(=O)NCCCC[C@@H](NC(=O)OC(C)(C)C)C(=O)O)NC(=O)OC(C)(C)C. The van der Waals surface area contributed by atoms with Crippen LogP contribution in [0, 0.1) is 0 Å². The summed E-state index contributed by atoms with van der Waals surface area (Å²) in [6.45, 7) is 20.6. The third-order valence-electron chi connectivity index (χ3n) is 5.64. The number of hydrogen-bond acceptors (Lipinski definition) is 10. The summed E-state index contributed by atoms with van der Waals surface area (Å²) in [5.41, 5.74) is -3.18. The molecule has 0 unspecified atom stereocenters. The molecule has 0 aliphatic heterocycles. The molecule has 6 N–H and O–H groups in total. The van der Waals surface area contributed by atoms with E-state index in [2.05, 4.69) is 31.6 Å². The van der Waals surface area contributed by atoms with E-state index in [-0.39, 0.29) is 31.9 Å². The molecule has 0 aliphatic rings. The minimum Gasteiger partial charge on any atom is -0.480 e. The number of hydrogen-bond donors (Lipinski definition) is 6. The Balaban J connectivity index is 5.26. The Labute approximate surface area is 295 Å². The molecule has 288 valence electrons. The molecule has 17 nitrogen and oxygen atoms in total. The monoisotopic (exact) mass is 716 g/mol. The van der Waals surface area contributed by atoms with E-state index in [9.17, 15) is 33.9 Å². The van der Waals surface area contributed by atoms with Crippen LogP contribution in [0.2, 0.25) is 0 Å². The number of unbranched alkanes of at least 4 members (excludes halogenated alkanes) is 2. The van der Waals surface area contributed by atoms with Crippen LogP contribution in [0.15, 0.2) is 4.99 Å². The number of carbonyl (C=O) groups is 6. The lowest BCUT2D eigenvalue weighted by atomic mass is 10.1. The minimum absolute atomic E-state index is 0.110. The van der Waals surface area contributed by atoms with E-state index in [4.69, 9.17) is 18.9 Å². The first-order valence-corrected chi connectivity index (χ1v) is 16.7. The van der Waals surface area contributed by atoms with Gasteiger partial charge < -0.3 is 45.3 Å². The number of amides is 5. The van der Waals surface area contributed by atoms with Crippen molar-refractivity contribution in [2.45, 2.75) is 156 Å². The molecule has 0 aromatic carbocycles. The molecule has 0 bridgehead atoms. The predicted molar refractivity (Wildman–Crippen MR) is 186 cm³/mol. The summed E-state index contributed by atoms with van der Waals surface area (Å²) < 4.78 is 20.9. The maximum absolute atomic E-state index is 13.1. The second-order valence-electron chi connectivity index (χ2n) is 15.5. The third-order valence-corrected chi connectivity index (χ3v) is 5.64. The van der Waals surface area contributed by atoms with Gasteiger partial charge in [-0.2, -0.15) is 0 Å². The topological polar surface area (TPSA) is 232 Å². The van der Waals surface area contributed by atoms with Crippen molar-refractivity contribution in [1.29, 1.82) is 0 Å². The van der Waals surface area contributed by atoms with Gasteiger partial charge in [-0.1, -0.05) is 0 Å². The fraction of sp³-hybridized carbons (Fsp3) is 0.788. The van der Waals surface area contributed by atoms with Crippen LogP contribution in [0.1, 0.15) is 122 Å². The van der Waals surface area contributed by atoms with E-state index in [0.717, 1.165) is 0 Å². The summed E-state index contributed by atoms with van der Waals surface area (Å²) in [7, 11) is 0. The summed E-state index contributed by atoms with van der Waals surface area (Å²) in [6.07, 6.45) is -1.42. The summed E-state index contributed by atoms with van der Waals surface area (Å²) in [5, 5.41) is 22.4. The molecule has 0 radical (unpaired) electrons. The molecule has 0 saturated heterocycles. The van der Waals surface area contributed by atoms with Crippen LogP contribution in [0.4, 0.5) is 19.2 Å². The van der Waals surface area contributed by atoms with Crippen molar-refractivity contribution in [3.8, 4) is 0 Å². The standard InChI is InChI=1S/C33H60N6O11/c1-30(2,3)47-26(43)36-21(23(40)34-19-15-14-18-22(24(41)42)37-27(44)48-31(4,5)6)17-13-16-20-35-25(38-28(45)49-32(7,8)9)39-29(46)50-33(10,11)12/h21-22H,13-20H2,1-12H3,(H,34,40)(H,36,43)(H,37,44)(H,41,42)(H2,35,38,39,45,46)/t21-,22-/m1/s1. The number of guanidine groups is 1. The van der Waals surface area contributed by atoms with Gasteiger partial charge in [0.15, 0.2) is 0 Å². The Morgan fingerprint density at radius 3 is 1.40 bits per heavy atom. The Morgan fingerprint density at radius 1 is 0.560 bits per heavy atom. The van der Waals surface area contributed by atoms with Gasteiger partial charge in [-0.15, -0.1) is 4.99 Å². The van der Waals surface area contributed by atoms with E-state index >= 15 is 0 Å². The normalized spacial score (nSPS) is 13.6. The third kappa shape index (κ3) is 25.7. The van der Waals surface area contributed by atoms with E-state index in [1.807, 2.05) is 0 Å². The number of ether oxygens (including phenoxy) is 4. The number of alkyl carbamates (subject to hydrolysis) is 3. The molecule has 2 atom stereocenters. The number of carbonyl (C=O) groups excluding carboxylic acids is 5. The van der Waals surface area contributed by atoms with Crippen molar-refractivity contribution in [2.24, 2.45) is 4.99 Å². The van der Waals surface area contributed by atoms with Crippen LogP contribution in [0.3, 0.4) is 0 Å². The first-order chi connectivity index (χ1) is 22.7. The molecule has 0 fully saturated rings. The molecular weight excluding hydrogens is 656 g/mol. The van der Waals surface area contributed by atoms with Crippen LogP contribution in [0.25, 0.3) is 0 Å². The second-order valence-corrected chi connectivity index (χ2v) is 15.5. The summed E-state index contributed by atoms with van der Waals surface area (Å²) >= 11 is 0. The molecule has 0 heterocycles. The number of nitrogens with one attached hydrogen (secondary N) is 5. The highest BCUT2D eigenvalue weighted by atomic mass is 16.6. The van der Waals surface area contributed by atoms with Crippen molar-refractivity contribution < 1.29 is 52.8 Å². The van der Waals surface area contributed by atoms with Gasteiger partial charge >= 0.3 is 30.3 Å². The molecular formula is C33H60N6O11. The number of carboxylic acid groups (broad SMARTS) is 1. The summed E-state index contributed by atoms with van der Waals surface area (Å²) in [5.74, 6) is -1.86.